The highest BCUT2D eigenvalue weighted by molar-refractivity contribution is 5.87. The van der Waals surface area contributed by atoms with Crippen LogP contribution in [0, 0.1) is 17.8 Å². The molecule has 7 nitrogen and oxygen atoms in total. The maximum absolute atomic E-state index is 12.3. The smallest absolute Gasteiger partial charge is 0.246 e. The van der Waals surface area contributed by atoms with Gasteiger partial charge in [0.2, 0.25) is 5.91 Å². The van der Waals surface area contributed by atoms with E-state index in [0.717, 1.165) is 51.0 Å². The second-order valence-corrected chi connectivity index (χ2v) is 11.4. The Morgan fingerprint density at radius 1 is 0.939 bits per heavy atom. The number of hydrazine groups is 1. The third kappa shape index (κ3) is 5.81. The molecule has 1 saturated carbocycles. The van der Waals surface area contributed by atoms with Crippen LogP contribution in [0.1, 0.15) is 64.2 Å². The van der Waals surface area contributed by atoms with Crippen LogP contribution in [0.25, 0.3) is 0 Å². The van der Waals surface area contributed by atoms with E-state index in [2.05, 4.69) is 33.0 Å². The molecule has 0 bridgehead atoms. The average Bonchev–Trinajstić information content (AvgIpc) is 3.32. The Morgan fingerprint density at radius 3 is 2.58 bits per heavy atom. The van der Waals surface area contributed by atoms with Gasteiger partial charge in [-0.25, -0.2) is 5.01 Å². The van der Waals surface area contributed by atoms with E-state index in [0.29, 0.717) is 30.2 Å². The summed E-state index contributed by atoms with van der Waals surface area (Å²) < 4.78 is 0. The van der Waals surface area contributed by atoms with E-state index < -0.39 is 0 Å². The van der Waals surface area contributed by atoms with Crippen molar-refractivity contribution < 1.29 is 4.79 Å². The fourth-order valence-corrected chi connectivity index (χ4v) is 7.33. The van der Waals surface area contributed by atoms with Crippen molar-refractivity contribution in [3.05, 3.63) is 12.7 Å². The molecule has 0 radical (unpaired) electrons. The number of likely N-dealkylation sites (tertiary alicyclic amines) is 1. The van der Waals surface area contributed by atoms with E-state index in [9.17, 15) is 4.79 Å². The summed E-state index contributed by atoms with van der Waals surface area (Å²) in [6, 6.07) is 1.34. The molecular formula is C26H46N6O. The van der Waals surface area contributed by atoms with Crippen LogP contribution in [-0.2, 0) is 4.79 Å². The number of hydrogen-bond donors (Lipinski definition) is 4. The van der Waals surface area contributed by atoms with Crippen molar-refractivity contribution in [3.63, 3.8) is 0 Å². The second-order valence-electron chi connectivity index (χ2n) is 11.4. The van der Waals surface area contributed by atoms with Gasteiger partial charge in [0.05, 0.1) is 6.17 Å². The summed E-state index contributed by atoms with van der Waals surface area (Å²) in [4.78, 5) is 14.4. The van der Waals surface area contributed by atoms with E-state index in [4.69, 9.17) is 0 Å². The van der Waals surface area contributed by atoms with Crippen LogP contribution in [0.3, 0.4) is 0 Å². The topological polar surface area (TPSA) is 71.7 Å². The molecule has 0 aromatic carbocycles. The summed E-state index contributed by atoms with van der Waals surface area (Å²) in [5, 5.41) is 14.1. The van der Waals surface area contributed by atoms with Crippen LogP contribution in [0.4, 0.5) is 0 Å². The summed E-state index contributed by atoms with van der Waals surface area (Å²) >= 11 is 0. The fraction of sp³-hybridized carbons (Fsp3) is 0.885. The molecule has 5 fully saturated rings. The molecule has 4 saturated heterocycles. The normalized spacial score (nSPS) is 38.7. The maximum atomic E-state index is 12.3. The number of piperidine rings is 2. The van der Waals surface area contributed by atoms with Gasteiger partial charge in [0, 0.05) is 44.3 Å². The van der Waals surface area contributed by atoms with Gasteiger partial charge in [-0.3, -0.25) is 20.9 Å². The summed E-state index contributed by atoms with van der Waals surface area (Å²) in [7, 11) is 0. The van der Waals surface area contributed by atoms with E-state index in [1.807, 2.05) is 4.90 Å². The molecule has 6 atom stereocenters. The Balaban J connectivity index is 1.24. The largest absolute Gasteiger partial charge is 0.338 e. The fourth-order valence-electron chi connectivity index (χ4n) is 7.33. The molecule has 5 aliphatic rings. The molecule has 1 amide bonds. The monoisotopic (exact) mass is 458 g/mol. The lowest BCUT2D eigenvalue weighted by atomic mass is 9.78. The molecule has 4 N–H and O–H groups in total. The number of amides is 1. The Kier molecular flexibility index (Phi) is 8.03. The van der Waals surface area contributed by atoms with Crippen molar-refractivity contribution >= 4 is 5.91 Å². The highest BCUT2D eigenvalue weighted by Crippen LogP contribution is 2.33. The maximum Gasteiger partial charge on any atom is 0.246 e. The highest BCUT2D eigenvalue weighted by Gasteiger charge is 2.45. The van der Waals surface area contributed by atoms with Crippen LogP contribution in [-0.4, -0.2) is 79.4 Å². The lowest BCUT2D eigenvalue weighted by molar-refractivity contribution is -0.128. The quantitative estimate of drug-likeness (QED) is 0.455. The van der Waals surface area contributed by atoms with Gasteiger partial charge in [-0.15, -0.1) is 0 Å². The van der Waals surface area contributed by atoms with Crippen LogP contribution in [0.5, 0.6) is 0 Å². The van der Waals surface area contributed by atoms with Gasteiger partial charge in [0.25, 0.3) is 0 Å². The molecule has 186 valence electrons. The van der Waals surface area contributed by atoms with Crippen molar-refractivity contribution in [1.29, 1.82) is 0 Å². The zero-order valence-electron chi connectivity index (χ0n) is 20.4. The number of nitrogens with one attached hydrogen (secondary N) is 4. The van der Waals surface area contributed by atoms with E-state index in [-0.39, 0.29) is 5.91 Å². The molecule has 0 spiro atoms. The number of rotatable bonds is 6. The first-order valence-electron chi connectivity index (χ1n) is 13.8. The standard InChI is InChI=1S/C26H46N6O/c1-2-25(33)31-13-10-21-23(18-31)28-24(15-19-7-4-3-5-8-19)29-26(21)22-11-14-32(30-22)17-20-9-6-12-27-16-20/h2,19-24,26-30H,1,3-18H2. The zero-order valence-corrected chi connectivity index (χ0v) is 20.4. The van der Waals surface area contributed by atoms with Gasteiger partial charge in [0.15, 0.2) is 0 Å². The summed E-state index contributed by atoms with van der Waals surface area (Å²) in [5.41, 5.74) is 3.93. The van der Waals surface area contributed by atoms with Crippen LogP contribution >= 0.6 is 0 Å². The van der Waals surface area contributed by atoms with Gasteiger partial charge in [0.1, 0.15) is 0 Å². The van der Waals surface area contributed by atoms with Crippen molar-refractivity contribution in [2.24, 2.45) is 17.8 Å². The summed E-state index contributed by atoms with van der Waals surface area (Å²) in [5.74, 6) is 2.25. The predicted molar refractivity (Wildman–Crippen MR) is 132 cm³/mol. The number of nitrogens with zero attached hydrogens (tertiary/aromatic N) is 2. The predicted octanol–water partition coefficient (Wildman–Crippen LogP) is 1.83. The third-order valence-corrected chi connectivity index (χ3v) is 9.09. The molecule has 33 heavy (non-hydrogen) atoms. The summed E-state index contributed by atoms with van der Waals surface area (Å²) in [6.45, 7) is 10.1. The van der Waals surface area contributed by atoms with Gasteiger partial charge in [-0.05, 0) is 69.0 Å². The lowest BCUT2D eigenvalue weighted by Gasteiger charge is -2.51. The van der Waals surface area contributed by atoms with Gasteiger partial charge >= 0.3 is 0 Å². The molecule has 5 rings (SSSR count). The first-order valence-corrected chi connectivity index (χ1v) is 13.8. The van der Waals surface area contributed by atoms with Gasteiger partial charge in [-0.1, -0.05) is 38.7 Å². The Hall–Kier alpha value is -0.990. The van der Waals surface area contributed by atoms with E-state index in [1.165, 1.54) is 70.4 Å². The SMILES string of the molecule is C=CC(=O)N1CCC2C(C1)NC(CC1CCCCC1)NC2C1CCN(CC2CCCNC2)N1. The minimum atomic E-state index is 0.0837. The molecule has 4 heterocycles. The number of carbonyl (C=O) groups is 1. The molecule has 0 aromatic heterocycles. The van der Waals surface area contributed by atoms with Gasteiger partial charge in [-0.2, -0.15) is 0 Å². The highest BCUT2D eigenvalue weighted by atomic mass is 16.2. The third-order valence-electron chi connectivity index (χ3n) is 9.09. The molecule has 7 heteroatoms. The molecule has 1 aliphatic carbocycles. The molecule has 0 aromatic rings. The Bertz CT molecular complexity index is 661. The Morgan fingerprint density at radius 2 is 1.79 bits per heavy atom. The second kappa shape index (κ2) is 11.2. The minimum absolute atomic E-state index is 0.0837. The number of fused-ring (bicyclic) bond motifs is 1. The number of hydrogen-bond acceptors (Lipinski definition) is 6. The lowest BCUT2D eigenvalue weighted by Crippen LogP contribution is -2.71. The summed E-state index contributed by atoms with van der Waals surface area (Å²) in [6.07, 6.45) is 15.0. The van der Waals surface area contributed by atoms with Crippen LogP contribution < -0.4 is 21.4 Å². The minimum Gasteiger partial charge on any atom is -0.338 e. The van der Waals surface area contributed by atoms with Crippen LogP contribution in [0.15, 0.2) is 12.7 Å². The van der Waals surface area contributed by atoms with Crippen molar-refractivity contribution in [3.8, 4) is 0 Å². The Labute approximate surface area is 200 Å². The van der Waals surface area contributed by atoms with E-state index >= 15 is 0 Å². The first kappa shape index (κ1) is 23.7. The molecule has 4 aliphatic heterocycles. The van der Waals surface area contributed by atoms with E-state index in [1.54, 1.807) is 0 Å². The van der Waals surface area contributed by atoms with Crippen LogP contribution in [0.2, 0.25) is 0 Å². The molecular weight excluding hydrogens is 412 g/mol. The number of carbonyl (C=O) groups excluding carboxylic acids is 1. The van der Waals surface area contributed by atoms with Crippen molar-refractivity contribution in [1.82, 2.24) is 31.3 Å². The first-order chi connectivity index (χ1) is 16.2. The molecule has 6 unspecified atom stereocenters. The van der Waals surface area contributed by atoms with Gasteiger partial charge < -0.3 is 10.2 Å². The average molecular weight is 459 g/mol. The zero-order chi connectivity index (χ0) is 22.6. The van der Waals surface area contributed by atoms with Crippen molar-refractivity contribution in [2.45, 2.75) is 88.5 Å². The van der Waals surface area contributed by atoms with Crippen molar-refractivity contribution in [2.75, 3.05) is 39.3 Å².